The van der Waals surface area contributed by atoms with Crippen molar-refractivity contribution in [2.75, 3.05) is 18.8 Å². The molecule has 41 heavy (non-hydrogen) atoms. The third-order valence-corrected chi connectivity index (χ3v) is 6.88. The van der Waals surface area contributed by atoms with Gasteiger partial charge in [-0.05, 0) is 70.2 Å². The molecule has 2 aromatic heterocycles. The fourth-order valence-electron chi connectivity index (χ4n) is 4.88. The number of likely N-dealkylation sites (tertiary alicyclic amines) is 1. The Morgan fingerprint density at radius 2 is 1.78 bits per heavy atom. The summed E-state index contributed by atoms with van der Waals surface area (Å²) in [6.07, 6.45) is 0.757. The maximum Gasteiger partial charge on any atom is 0.416 e. The Bertz CT molecular complexity index is 1420. The van der Waals surface area contributed by atoms with Gasteiger partial charge in [-0.1, -0.05) is 11.6 Å². The van der Waals surface area contributed by atoms with Crippen LogP contribution in [-0.4, -0.2) is 55.2 Å². The van der Waals surface area contributed by atoms with E-state index in [1.54, 1.807) is 15.8 Å². The van der Waals surface area contributed by atoms with Crippen LogP contribution in [0.3, 0.4) is 0 Å². The van der Waals surface area contributed by atoms with E-state index in [4.69, 9.17) is 27.8 Å². The van der Waals surface area contributed by atoms with Gasteiger partial charge in [0.25, 0.3) is 5.91 Å². The second-order valence-corrected chi connectivity index (χ2v) is 11.5. The Balaban J connectivity index is 1.54. The minimum Gasteiger partial charge on any atom is -0.444 e. The minimum atomic E-state index is -4.54. The predicted molar refractivity (Wildman–Crippen MR) is 147 cm³/mol. The molecule has 3 heterocycles. The Kier molecular flexibility index (Phi) is 8.57. The number of carbonyl (C=O) groups is 2. The molecule has 0 unspecified atom stereocenters. The lowest BCUT2D eigenvalue weighted by Gasteiger charge is -2.30. The molecular weight excluding hydrogens is 563 g/mol. The Hall–Kier alpha value is -3.74. The maximum absolute atomic E-state index is 13.2. The van der Waals surface area contributed by atoms with Gasteiger partial charge < -0.3 is 21.1 Å². The highest BCUT2D eigenvalue weighted by Gasteiger charge is 2.32. The van der Waals surface area contributed by atoms with Crippen LogP contribution < -0.4 is 11.5 Å². The van der Waals surface area contributed by atoms with Crippen molar-refractivity contribution < 1.29 is 27.5 Å². The number of alkyl halides is 3. The SMILES string of the molecule is CC(C)(C)OC(=O)N1CCCC(n2nc(-c3cnn(Cc4cc(Cl)cc(C(F)(F)F)c4)c3)c(C(N)=O)c2N)CCC1. The third kappa shape index (κ3) is 7.32. The fraction of sp³-hybridized carbons (Fsp3) is 0.481. The highest BCUT2D eigenvalue weighted by atomic mass is 35.5. The number of aromatic nitrogens is 4. The summed E-state index contributed by atoms with van der Waals surface area (Å²) in [6.45, 7) is 6.49. The van der Waals surface area contributed by atoms with Crippen LogP contribution in [0.1, 0.15) is 74.0 Å². The number of nitrogens with zero attached hydrogens (tertiary/aromatic N) is 5. The lowest BCUT2D eigenvalue weighted by Crippen LogP contribution is -2.39. The van der Waals surface area contributed by atoms with Crippen LogP contribution in [0, 0.1) is 0 Å². The largest absolute Gasteiger partial charge is 0.444 e. The average molecular weight is 596 g/mol. The van der Waals surface area contributed by atoms with E-state index in [0.717, 1.165) is 12.1 Å². The third-order valence-electron chi connectivity index (χ3n) is 6.66. The minimum absolute atomic E-state index is 0.00249. The number of anilines is 1. The summed E-state index contributed by atoms with van der Waals surface area (Å²) in [5.74, 6) is -0.636. The van der Waals surface area contributed by atoms with Gasteiger partial charge in [-0.25, -0.2) is 9.48 Å². The van der Waals surface area contributed by atoms with Gasteiger partial charge in [-0.3, -0.25) is 9.48 Å². The van der Waals surface area contributed by atoms with E-state index in [1.165, 1.54) is 16.9 Å². The first-order chi connectivity index (χ1) is 19.1. The lowest BCUT2D eigenvalue weighted by molar-refractivity contribution is -0.137. The van der Waals surface area contributed by atoms with Crippen molar-refractivity contribution >= 4 is 29.4 Å². The van der Waals surface area contributed by atoms with Crippen molar-refractivity contribution in [2.45, 2.75) is 70.8 Å². The fourth-order valence-corrected chi connectivity index (χ4v) is 5.14. The molecule has 1 aliphatic heterocycles. The Morgan fingerprint density at radius 1 is 1.12 bits per heavy atom. The maximum atomic E-state index is 13.2. The number of benzene rings is 1. The van der Waals surface area contributed by atoms with E-state index in [1.807, 2.05) is 20.8 Å². The molecule has 10 nitrogen and oxygen atoms in total. The van der Waals surface area contributed by atoms with Crippen LogP contribution in [0.2, 0.25) is 5.02 Å². The molecule has 3 aromatic rings. The van der Waals surface area contributed by atoms with Gasteiger partial charge in [-0.2, -0.15) is 23.4 Å². The van der Waals surface area contributed by atoms with Crippen LogP contribution in [0.15, 0.2) is 30.6 Å². The number of primary amides is 1. The van der Waals surface area contributed by atoms with Crippen molar-refractivity contribution in [2.24, 2.45) is 5.73 Å². The molecule has 1 aliphatic rings. The van der Waals surface area contributed by atoms with Gasteiger partial charge in [0.1, 0.15) is 22.7 Å². The quantitative estimate of drug-likeness (QED) is 0.400. The van der Waals surface area contributed by atoms with E-state index in [-0.39, 0.29) is 40.8 Å². The van der Waals surface area contributed by atoms with Crippen LogP contribution in [0.5, 0.6) is 0 Å². The zero-order chi connectivity index (χ0) is 30.1. The second kappa shape index (κ2) is 11.6. The zero-order valence-electron chi connectivity index (χ0n) is 23.0. The predicted octanol–water partition coefficient (Wildman–Crippen LogP) is 5.50. The van der Waals surface area contributed by atoms with Crippen molar-refractivity contribution in [3.05, 3.63) is 52.3 Å². The molecule has 4 N–H and O–H groups in total. The summed E-state index contributed by atoms with van der Waals surface area (Å²) in [5, 5.41) is 8.84. The second-order valence-electron chi connectivity index (χ2n) is 11.1. The molecule has 1 aromatic carbocycles. The Labute approximate surface area is 240 Å². The van der Waals surface area contributed by atoms with E-state index >= 15 is 0 Å². The highest BCUT2D eigenvalue weighted by molar-refractivity contribution is 6.30. The molecule has 14 heteroatoms. The van der Waals surface area contributed by atoms with Gasteiger partial charge in [0.2, 0.25) is 0 Å². The molecule has 0 atom stereocenters. The van der Waals surface area contributed by atoms with Crippen molar-refractivity contribution in [1.82, 2.24) is 24.5 Å². The first-order valence-corrected chi connectivity index (χ1v) is 13.6. The number of nitrogens with two attached hydrogens (primary N) is 2. The molecule has 4 rings (SSSR count). The first kappa shape index (κ1) is 30.2. The number of rotatable bonds is 5. The van der Waals surface area contributed by atoms with Gasteiger partial charge in [0.15, 0.2) is 0 Å². The van der Waals surface area contributed by atoms with Crippen molar-refractivity contribution in [1.29, 1.82) is 0 Å². The van der Waals surface area contributed by atoms with Crippen molar-refractivity contribution in [3.63, 3.8) is 0 Å². The number of hydrogen-bond acceptors (Lipinski definition) is 6. The standard InChI is InChI=1S/C27H33ClF3N7O3/c1-26(2,3)41-25(40)36-8-4-6-20(7-5-9-36)38-23(32)21(24(33)39)22(35-38)17-13-34-37(15-17)14-16-10-18(27(29,30)31)12-19(28)11-16/h10-13,15,20H,4-9,14,32H2,1-3H3,(H2,33,39). The van der Waals surface area contributed by atoms with E-state index in [2.05, 4.69) is 10.2 Å². The smallest absolute Gasteiger partial charge is 0.416 e. The summed E-state index contributed by atoms with van der Waals surface area (Å²) in [5.41, 5.74) is 11.6. The van der Waals surface area contributed by atoms with Crippen LogP contribution in [-0.2, 0) is 17.5 Å². The molecule has 2 amide bonds. The number of nitrogen functional groups attached to an aromatic ring is 1. The summed E-state index contributed by atoms with van der Waals surface area (Å²) >= 11 is 5.91. The van der Waals surface area contributed by atoms with Crippen LogP contribution in [0.25, 0.3) is 11.3 Å². The molecule has 0 spiro atoms. The van der Waals surface area contributed by atoms with Gasteiger partial charge in [0.05, 0.1) is 24.3 Å². The summed E-state index contributed by atoms with van der Waals surface area (Å²) < 4.78 is 48.2. The molecule has 1 saturated heterocycles. The molecule has 0 saturated carbocycles. The summed E-state index contributed by atoms with van der Waals surface area (Å²) in [7, 11) is 0. The number of carbonyl (C=O) groups excluding carboxylic acids is 2. The number of amides is 2. The first-order valence-electron chi connectivity index (χ1n) is 13.2. The average Bonchev–Trinajstić information content (AvgIpc) is 3.41. The number of hydrogen-bond donors (Lipinski definition) is 2. The van der Waals surface area contributed by atoms with Gasteiger partial charge >= 0.3 is 12.3 Å². The van der Waals surface area contributed by atoms with Crippen LogP contribution in [0.4, 0.5) is 23.8 Å². The van der Waals surface area contributed by atoms with E-state index in [0.29, 0.717) is 49.9 Å². The molecule has 222 valence electrons. The van der Waals surface area contributed by atoms with Crippen LogP contribution >= 0.6 is 11.6 Å². The number of halogens is 4. The molecule has 0 aliphatic carbocycles. The van der Waals surface area contributed by atoms with Gasteiger partial charge in [0, 0.05) is 29.9 Å². The molecule has 0 bridgehead atoms. The monoisotopic (exact) mass is 595 g/mol. The van der Waals surface area contributed by atoms with Crippen molar-refractivity contribution in [3.8, 4) is 11.3 Å². The van der Waals surface area contributed by atoms with Gasteiger partial charge in [-0.15, -0.1) is 0 Å². The van der Waals surface area contributed by atoms with E-state index in [9.17, 15) is 22.8 Å². The number of ether oxygens (including phenoxy) is 1. The zero-order valence-corrected chi connectivity index (χ0v) is 23.8. The lowest BCUT2D eigenvalue weighted by atomic mass is 10.0. The topological polar surface area (TPSA) is 134 Å². The molecule has 1 fully saturated rings. The van der Waals surface area contributed by atoms with E-state index < -0.39 is 23.2 Å². The Morgan fingerprint density at radius 3 is 2.37 bits per heavy atom. The normalized spacial score (nSPS) is 15.4. The summed E-state index contributed by atoms with van der Waals surface area (Å²) in [6, 6.07) is 3.16. The highest BCUT2D eigenvalue weighted by Crippen LogP contribution is 2.34. The molecule has 0 radical (unpaired) electrons. The molecular formula is C27H33ClF3N7O3. The summed E-state index contributed by atoms with van der Waals surface area (Å²) in [4.78, 5) is 26.6.